The zero-order chi connectivity index (χ0) is 12.3. The highest BCUT2D eigenvalue weighted by Crippen LogP contribution is 2.31. The Bertz CT molecular complexity index is 371. The van der Waals surface area contributed by atoms with Crippen molar-refractivity contribution in [1.82, 2.24) is 5.32 Å². The predicted octanol–water partition coefficient (Wildman–Crippen LogP) is 2.54. The van der Waals surface area contributed by atoms with Crippen molar-refractivity contribution in [2.24, 2.45) is 0 Å². The van der Waals surface area contributed by atoms with Crippen LogP contribution in [0.4, 0.5) is 4.39 Å². The molecule has 1 fully saturated rings. The molecule has 0 saturated carbocycles. The van der Waals surface area contributed by atoms with Crippen LogP contribution in [-0.4, -0.2) is 26.4 Å². The fourth-order valence-electron chi connectivity index (χ4n) is 1.84. The van der Waals surface area contributed by atoms with Gasteiger partial charge in [-0.15, -0.1) is 0 Å². The van der Waals surface area contributed by atoms with E-state index in [2.05, 4.69) is 5.32 Å². The largest absolute Gasteiger partial charge is 0.489 e. The number of benzene rings is 1. The van der Waals surface area contributed by atoms with E-state index in [1.807, 2.05) is 0 Å². The van der Waals surface area contributed by atoms with Crippen LogP contribution in [0.2, 0.25) is 5.02 Å². The zero-order valence-corrected chi connectivity index (χ0v) is 10.4. The molecule has 0 radical (unpaired) electrons. The smallest absolute Gasteiger partial charge is 0.173 e. The highest BCUT2D eigenvalue weighted by atomic mass is 35.5. The van der Waals surface area contributed by atoms with Gasteiger partial charge in [-0.1, -0.05) is 11.6 Å². The van der Waals surface area contributed by atoms with Gasteiger partial charge in [0, 0.05) is 6.54 Å². The van der Waals surface area contributed by atoms with Crippen LogP contribution in [0.15, 0.2) is 12.1 Å². The lowest BCUT2D eigenvalue weighted by molar-refractivity contribution is 0.0767. The van der Waals surface area contributed by atoms with E-state index >= 15 is 0 Å². The van der Waals surface area contributed by atoms with E-state index in [1.54, 1.807) is 13.0 Å². The van der Waals surface area contributed by atoms with Crippen molar-refractivity contribution in [1.29, 1.82) is 0 Å². The fourth-order valence-corrected chi connectivity index (χ4v) is 2.11. The molecule has 1 aromatic rings. The van der Waals surface area contributed by atoms with Crippen molar-refractivity contribution in [2.45, 2.75) is 13.0 Å². The molecule has 1 aliphatic heterocycles. The van der Waals surface area contributed by atoms with Crippen molar-refractivity contribution in [3.63, 3.8) is 0 Å². The van der Waals surface area contributed by atoms with E-state index in [0.29, 0.717) is 24.8 Å². The molecule has 0 aromatic heterocycles. The lowest BCUT2D eigenvalue weighted by atomic mass is 10.1. The Balaban J connectivity index is 2.24. The summed E-state index contributed by atoms with van der Waals surface area (Å²) in [5.41, 5.74) is 0.788. The zero-order valence-electron chi connectivity index (χ0n) is 9.63. The van der Waals surface area contributed by atoms with Crippen LogP contribution in [0.5, 0.6) is 5.75 Å². The summed E-state index contributed by atoms with van der Waals surface area (Å²) in [6.07, 6.45) is 0. The topological polar surface area (TPSA) is 30.5 Å². The number of rotatable bonds is 3. The molecule has 94 valence electrons. The Morgan fingerprint density at radius 2 is 2.41 bits per heavy atom. The average Bonchev–Trinajstić information content (AvgIpc) is 2.35. The SMILES string of the molecule is CCOc1c(F)cc([C@@H]2COCCN2)cc1Cl. The molecular formula is C12H15ClFNO2. The summed E-state index contributed by atoms with van der Waals surface area (Å²) in [6.45, 7) is 4.16. The van der Waals surface area contributed by atoms with Gasteiger partial charge in [0.15, 0.2) is 11.6 Å². The number of halogens is 2. The second-order valence-corrected chi connectivity index (χ2v) is 4.24. The van der Waals surface area contributed by atoms with Gasteiger partial charge in [-0.3, -0.25) is 0 Å². The molecule has 1 aliphatic rings. The van der Waals surface area contributed by atoms with Gasteiger partial charge in [0.05, 0.1) is 30.9 Å². The molecule has 0 bridgehead atoms. The summed E-state index contributed by atoms with van der Waals surface area (Å²) in [4.78, 5) is 0. The van der Waals surface area contributed by atoms with Gasteiger partial charge in [0.1, 0.15) is 0 Å². The number of morpholine rings is 1. The molecule has 17 heavy (non-hydrogen) atoms. The molecule has 1 saturated heterocycles. The second kappa shape index (κ2) is 5.67. The van der Waals surface area contributed by atoms with Crippen molar-refractivity contribution >= 4 is 11.6 Å². The molecule has 0 spiro atoms. The molecule has 1 heterocycles. The van der Waals surface area contributed by atoms with Gasteiger partial charge in [-0.25, -0.2) is 4.39 Å². The molecule has 0 aliphatic carbocycles. The first kappa shape index (κ1) is 12.6. The van der Waals surface area contributed by atoms with Crippen molar-refractivity contribution in [2.75, 3.05) is 26.4 Å². The summed E-state index contributed by atoms with van der Waals surface area (Å²) in [5.74, 6) is -0.309. The number of ether oxygens (including phenoxy) is 2. The number of hydrogen-bond acceptors (Lipinski definition) is 3. The van der Waals surface area contributed by atoms with E-state index in [9.17, 15) is 4.39 Å². The van der Waals surface area contributed by atoms with Gasteiger partial charge < -0.3 is 14.8 Å². The van der Waals surface area contributed by atoms with E-state index in [1.165, 1.54) is 6.07 Å². The monoisotopic (exact) mass is 259 g/mol. The first-order valence-corrected chi connectivity index (χ1v) is 6.03. The van der Waals surface area contributed by atoms with Gasteiger partial charge in [0.25, 0.3) is 0 Å². The van der Waals surface area contributed by atoms with E-state index in [-0.39, 0.29) is 11.8 Å². The number of nitrogens with one attached hydrogen (secondary N) is 1. The van der Waals surface area contributed by atoms with Gasteiger partial charge >= 0.3 is 0 Å². The van der Waals surface area contributed by atoms with Crippen LogP contribution in [0.1, 0.15) is 18.5 Å². The minimum Gasteiger partial charge on any atom is -0.489 e. The molecule has 0 unspecified atom stereocenters. The summed E-state index contributed by atoms with van der Waals surface area (Å²) in [5, 5.41) is 3.55. The molecule has 2 rings (SSSR count). The van der Waals surface area contributed by atoms with Crippen LogP contribution in [0.25, 0.3) is 0 Å². The third kappa shape index (κ3) is 2.89. The lowest BCUT2D eigenvalue weighted by Crippen LogP contribution is -2.34. The first-order chi connectivity index (χ1) is 8.22. The average molecular weight is 260 g/mol. The maximum absolute atomic E-state index is 13.8. The maximum Gasteiger partial charge on any atom is 0.173 e. The maximum atomic E-state index is 13.8. The summed E-state index contributed by atoms with van der Waals surface area (Å²) >= 11 is 6.00. The summed E-state index contributed by atoms with van der Waals surface area (Å²) in [7, 11) is 0. The third-order valence-corrected chi connectivity index (χ3v) is 2.91. The van der Waals surface area contributed by atoms with Crippen molar-refractivity contribution in [3.8, 4) is 5.75 Å². The molecule has 1 aromatic carbocycles. The minimum absolute atomic E-state index is 0.00794. The Morgan fingerprint density at radius 3 is 3.00 bits per heavy atom. The van der Waals surface area contributed by atoms with Crippen LogP contribution in [-0.2, 0) is 4.74 Å². The molecule has 0 amide bonds. The molecule has 1 N–H and O–H groups in total. The highest BCUT2D eigenvalue weighted by Gasteiger charge is 2.19. The predicted molar refractivity (Wildman–Crippen MR) is 64.1 cm³/mol. The van der Waals surface area contributed by atoms with Crippen LogP contribution in [0.3, 0.4) is 0 Å². The Labute approximate surface area is 105 Å². The number of hydrogen-bond donors (Lipinski definition) is 1. The first-order valence-electron chi connectivity index (χ1n) is 5.65. The van der Waals surface area contributed by atoms with Crippen molar-refractivity contribution < 1.29 is 13.9 Å². The summed E-state index contributed by atoms with van der Waals surface area (Å²) < 4.78 is 24.3. The van der Waals surface area contributed by atoms with Crippen LogP contribution < -0.4 is 10.1 Å². The fraction of sp³-hybridized carbons (Fsp3) is 0.500. The normalized spacial score (nSPS) is 20.3. The highest BCUT2D eigenvalue weighted by molar-refractivity contribution is 6.32. The molecular weight excluding hydrogens is 245 g/mol. The van der Waals surface area contributed by atoms with Crippen LogP contribution in [0, 0.1) is 5.82 Å². The lowest BCUT2D eigenvalue weighted by Gasteiger charge is -2.24. The molecule has 5 heteroatoms. The van der Waals surface area contributed by atoms with Gasteiger partial charge in [-0.05, 0) is 24.6 Å². The van der Waals surface area contributed by atoms with E-state index < -0.39 is 5.82 Å². The third-order valence-electron chi connectivity index (χ3n) is 2.63. The van der Waals surface area contributed by atoms with Crippen LogP contribution >= 0.6 is 11.6 Å². The standard InChI is InChI=1S/C12H15ClFNO2/c1-2-17-12-9(13)5-8(6-10(12)14)11-7-16-4-3-15-11/h5-6,11,15H,2-4,7H2,1H3/t11-/m0/s1. The minimum atomic E-state index is -0.429. The quantitative estimate of drug-likeness (QED) is 0.905. The molecule has 3 nitrogen and oxygen atoms in total. The van der Waals surface area contributed by atoms with E-state index in [4.69, 9.17) is 21.1 Å². The van der Waals surface area contributed by atoms with Gasteiger partial charge in [-0.2, -0.15) is 0 Å². The van der Waals surface area contributed by atoms with Gasteiger partial charge in [0.2, 0.25) is 0 Å². The Morgan fingerprint density at radius 1 is 1.59 bits per heavy atom. The molecule has 1 atom stereocenters. The second-order valence-electron chi connectivity index (χ2n) is 3.83. The Hall–Kier alpha value is -0.840. The van der Waals surface area contributed by atoms with Crippen molar-refractivity contribution in [3.05, 3.63) is 28.5 Å². The summed E-state index contributed by atoms with van der Waals surface area (Å²) in [6, 6.07) is 3.16. The Kier molecular flexibility index (Phi) is 4.20. The van der Waals surface area contributed by atoms with E-state index in [0.717, 1.165) is 12.1 Å².